The summed E-state index contributed by atoms with van der Waals surface area (Å²) in [4.78, 5) is 2.55. The second kappa shape index (κ2) is 7.91. The van der Waals surface area contributed by atoms with Crippen LogP contribution in [0.1, 0.15) is 42.1 Å². The lowest BCUT2D eigenvalue weighted by Crippen LogP contribution is -2.51. The third-order valence-corrected chi connectivity index (χ3v) is 5.95. The first-order valence-corrected chi connectivity index (χ1v) is 10.0. The summed E-state index contributed by atoms with van der Waals surface area (Å²) in [7, 11) is 1.70. The Morgan fingerprint density at radius 2 is 1.93 bits per heavy atom. The molecule has 4 heteroatoms. The molecule has 0 radical (unpaired) electrons. The van der Waals surface area contributed by atoms with Crippen molar-refractivity contribution in [1.82, 2.24) is 4.90 Å². The zero-order valence-electron chi connectivity index (χ0n) is 16.4. The van der Waals surface area contributed by atoms with Crippen LogP contribution in [0, 0.1) is 6.92 Å². The van der Waals surface area contributed by atoms with Gasteiger partial charge in [0.2, 0.25) is 0 Å². The molecule has 1 fully saturated rings. The van der Waals surface area contributed by atoms with Crippen LogP contribution in [0.2, 0.25) is 0 Å². The predicted octanol–water partition coefficient (Wildman–Crippen LogP) is 3.86. The number of hydrogen-bond acceptors (Lipinski definition) is 4. The molecule has 2 N–H and O–H groups in total. The summed E-state index contributed by atoms with van der Waals surface area (Å²) in [5.74, 6) is 1.61. The van der Waals surface area contributed by atoms with Crippen molar-refractivity contribution in [2.75, 3.05) is 20.2 Å². The van der Waals surface area contributed by atoms with E-state index in [2.05, 4.69) is 48.2 Å². The van der Waals surface area contributed by atoms with Crippen LogP contribution >= 0.6 is 0 Å². The number of hydrogen-bond donors (Lipinski definition) is 1. The molecular formula is C23H30N2O2. The summed E-state index contributed by atoms with van der Waals surface area (Å²) < 4.78 is 12.2. The smallest absolute Gasteiger partial charge is 0.162 e. The Morgan fingerprint density at radius 3 is 2.74 bits per heavy atom. The number of fused-ring (bicyclic) bond motifs is 1. The molecule has 0 saturated carbocycles. The van der Waals surface area contributed by atoms with Crippen LogP contribution in [0.5, 0.6) is 11.5 Å². The standard InChI is InChI=1S/C23H30N2O2/c1-16-9-12-21(26-2)22(14-16)27-23-19-8-4-3-6-17(19)10-11-20(23)25-13-5-7-18(24)15-25/h3-4,6,8-9,12,14,18,20,23H,5,7,10-11,13,15,24H2,1-2H3/t18-,20?,23?/m1/s1. The predicted molar refractivity (Wildman–Crippen MR) is 108 cm³/mol. The third kappa shape index (κ3) is 3.83. The molecule has 0 bridgehead atoms. The molecule has 1 saturated heterocycles. The van der Waals surface area contributed by atoms with Crippen LogP contribution in [-0.2, 0) is 6.42 Å². The minimum absolute atomic E-state index is 0.00375. The first-order chi connectivity index (χ1) is 13.2. The van der Waals surface area contributed by atoms with E-state index in [0.29, 0.717) is 6.04 Å². The lowest BCUT2D eigenvalue weighted by Gasteiger charge is -2.43. The van der Waals surface area contributed by atoms with Crippen molar-refractivity contribution in [3.05, 3.63) is 59.2 Å². The topological polar surface area (TPSA) is 47.7 Å². The highest BCUT2D eigenvalue weighted by Crippen LogP contribution is 2.40. The number of aryl methyl sites for hydroxylation is 2. The summed E-state index contributed by atoms with van der Waals surface area (Å²) in [6.45, 7) is 4.14. The normalized spacial score (nSPS) is 25.7. The Balaban J connectivity index is 1.69. The molecule has 3 atom stereocenters. The van der Waals surface area contributed by atoms with E-state index in [1.807, 2.05) is 6.07 Å². The van der Waals surface area contributed by atoms with Crippen molar-refractivity contribution in [3.8, 4) is 11.5 Å². The van der Waals surface area contributed by atoms with Gasteiger partial charge in [0.25, 0.3) is 0 Å². The van der Waals surface area contributed by atoms with Crippen molar-refractivity contribution < 1.29 is 9.47 Å². The van der Waals surface area contributed by atoms with Crippen molar-refractivity contribution in [2.24, 2.45) is 5.73 Å². The van der Waals surface area contributed by atoms with Crippen LogP contribution in [0.15, 0.2) is 42.5 Å². The van der Waals surface area contributed by atoms with Crippen molar-refractivity contribution in [3.63, 3.8) is 0 Å². The number of methoxy groups -OCH3 is 1. The van der Waals surface area contributed by atoms with E-state index >= 15 is 0 Å². The molecule has 0 aromatic heterocycles. The van der Waals surface area contributed by atoms with Gasteiger partial charge < -0.3 is 15.2 Å². The van der Waals surface area contributed by atoms with Gasteiger partial charge in [0, 0.05) is 12.6 Å². The third-order valence-electron chi connectivity index (χ3n) is 5.95. The average Bonchev–Trinajstić information content (AvgIpc) is 2.68. The number of piperidine rings is 1. The van der Waals surface area contributed by atoms with Gasteiger partial charge in [0.05, 0.1) is 13.2 Å². The Bertz CT molecular complexity index is 792. The number of ether oxygens (including phenoxy) is 2. The van der Waals surface area contributed by atoms with E-state index in [0.717, 1.165) is 43.9 Å². The molecule has 1 aliphatic heterocycles. The minimum Gasteiger partial charge on any atom is -0.493 e. The highest BCUT2D eigenvalue weighted by molar-refractivity contribution is 5.44. The molecule has 4 nitrogen and oxygen atoms in total. The van der Waals surface area contributed by atoms with E-state index < -0.39 is 0 Å². The molecule has 1 aliphatic carbocycles. The SMILES string of the molecule is COc1ccc(C)cc1OC1c2ccccc2CCC1N1CCC[C@@H](N)C1. The first kappa shape index (κ1) is 18.3. The van der Waals surface area contributed by atoms with Gasteiger partial charge in [-0.3, -0.25) is 4.90 Å². The fraction of sp³-hybridized carbons (Fsp3) is 0.478. The van der Waals surface area contributed by atoms with Crippen LogP contribution in [0.3, 0.4) is 0 Å². The Hall–Kier alpha value is -2.04. The van der Waals surface area contributed by atoms with Crippen molar-refractivity contribution in [1.29, 1.82) is 0 Å². The van der Waals surface area contributed by atoms with Crippen LogP contribution in [0.25, 0.3) is 0 Å². The average molecular weight is 367 g/mol. The maximum atomic E-state index is 6.68. The molecule has 0 spiro atoms. The van der Waals surface area contributed by atoms with Crippen molar-refractivity contribution >= 4 is 0 Å². The minimum atomic E-state index is -0.00375. The number of nitrogens with zero attached hydrogens (tertiary/aromatic N) is 1. The molecule has 2 unspecified atom stereocenters. The van der Waals surface area contributed by atoms with Gasteiger partial charge >= 0.3 is 0 Å². The Labute approximate surface area is 162 Å². The Morgan fingerprint density at radius 1 is 1.07 bits per heavy atom. The molecule has 2 aliphatic rings. The van der Waals surface area contributed by atoms with Crippen LogP contribution < -0.4 is 15.2 Å². The van der Waals surface area contributed by atoms with E-state index in [1.165, 1.54) is 23.1 Å². The quantitative estimate of drug-likeness (QED) is 0.893. The van der Waals surface area contributed by atoms with Crippen LogP contribution in [0.4, 0.5) is 0 Å². The summed E-state index contributed by atoms with van der Waals surface area (Å²) in [6.07, 6.45) is 4.48. The van der Waals surface area contributed by atoms with Gasteiger partial charge in [0.15, 0.2) is 11.5 Å². The number of nitrogens with two attached hydrogens (primary N) is 1. The Kier molecular flexibility index (Phi) is 5.37. The van der Waals surface area contributed by atoms with Crippen molar-refractivity contribution in [2.45, 2.75) is 50.8 Å². The molecule has 1 heterocycles. The summed E-state index contributed by atoms with van der Waals surface area (Å²) in [6, 6.07) is 15.4. The maximum absolute atomic E-state index is 6.68. The molecule has 2 aromatic carbocycles. The number of likely N-dealkylation sites (tertiary alicyclic amines) is 1. The highest BCUT2D eigenvalue weighted by Gasteiger charge is 2.37. The fourth-order valence-electron chi connectivity index (χ4n) is 4.57. The second-order valence-electron chi connectivity index (χ2n) is 7.89. The van der Waals surface area contributed by atoms with E-state index in [1.54, 1.807) is 7.11 Å². The monoisotopic (exact) mass is 366 g/mol. The molecule has 4 rings (SSSR count). The van der Waals surface area contributed by atoms with Gasteiger partial charge in [-0.25, -0.2) is 0 Å². The number of benzene rings is 2. The zero-order valence-corrected chi connectivity index (χ0v) is 16.4. The summed E-state index contributed by atoms with van der Waals surface area (Å²) in [5, 5.41) is 0. The first-order valence-electron chi connectivity index (χ1n) is 10.0. The van der Waals surface area contributed by atoms with Gasteiger partial charge in [0.1, 0.15) is 6.10 Å². The highest BCUT2D eigenvalue weighted by atomic mass is 16.5. The van der Waals surface area contributed by atoms with Gasteiger partial charge in [-0.05, 0) is 68.0 Å². The molecule has 27 heavy (non-hydrogen) atoms. The fourth-order valence-corrected chi connectivity index (χ4v) is 4.57. The van der Waals surface area contributed by atoms with E-state index in [9.17, 15) is 0 Å². The summed E-state index contributed by atoms with van der Waals surface area (Å²) in [5.41, 5.74) is 10.2. The second-order valence-corrected chi connectivity index (χ2v) is 7.89. The summed E-state index contributed by atoms with van der Waals surface area (Å²) >= 11 is 0. The van der Waals surface area contributed by atoms with Gasteiger partial charge in [-0.15, -0.1) is 0 Å². The lowest BCUT2D eigenvalue weighted by molar-refractivity contribution is 0.0353. The molecule has 0 amide bonds. The molecule has 144 valence electrons. The van der Waals surface area contributed by atoms with E-state index in [4.69, 9.17) is 15.2 Å². The van der Waals surface area contributed by atoms with E-state index in [-0.39, 0.29) is 12.1 Å². The van der Waals surface area contributed by atoms with Gasteiger partial charge in [-0.2, -0.15) is 0 Å². The zero-order chi connectivity index (χ0) is 18.8. The van der Waals surface area contributed by atoms with Crippen LogP contribution in [-0.4, -0.2) is 37.2 Å². The lowest BCUT2D eigenvalue weighted by atomic mass is 9.84. The largest absolute Gasteiger partial charge is 0.493 e. The maximum Gasteiger partial charge on any atom is 0.162 e. The molecule has 2 aromatic rings. The number of rotatable bonds is 4. The van der Waals surface area contributed by atoms with Gasteiger partial charge in [-0.1, -0.05) is 30.3 Å². The molecular weight excluding hydrogens is 336 g/mol.